The van der Waals surface area contributed by atoms with Crippen LogP contribution in [0.2, 0.25) is 0 Å². The van der Waals surface area contributed by atoms with Crippen LogP contribution >= 0.6 is 0 Å². The van der Waals surface area contributed by atoms with Crippen molar-refractivity contribution >= 4 is 11.5 Å². The zero-order valence-electron chi connectivity index (χ0n) is 13.0. The van der Waals surface area contributed by atoms with Crippen molar-refractivity contribution in [2.24, 2.45) is 5.41 Å². The van der Waals surface area contributed by atoms with E-state index in [1.165, 1.54) is 25.1 Å². The van der Waals surface area contributed by atoms with Gasteiger partial charge in [0.1, 0.15) is 11.6 Å². The van der Waals surface area contributed by atoms with Crippen molar-refractivity contribution in [3.8, 4) is 6.07 Å². The number of anilines is 1. The molecule has 1 fully saturated rings. The Morgan fingerprint density at radius 1 is 1.50 bits per heavy atom. The third-order valence-corrected chi connectivity index (χ3v) is 4.17. The van der Waals surface area contributed by atoms with Gasteiger partial charge in [0.15, 0.2) is 0 Å². The summed E-state index contributed by atoms with van der Waals surface area (Å²) in [6.45, 7) is 1.57. The largest absolute Gasteiger partial charge is 0.364 e. The highest BCUT2D eigenvalue weighted by Gasteiger charge is 2.35. The number of aromatic nitrogens is 1. The van der Waals surface area contributed by atoms with Gasteiger partial charge in [-0.1, -0.05) is 12.8 Å². The SMILES string of the molecule is CN(C)CC1(CNc2nccc(C#N)c2[N+](=O)[O-])CCCC1. The van der Waals surface area contributed by atoms with E-state index in [4.69, 9.17) is 5.26 Å². The molecule has 1 aromatic rings. The van der Waals surface area contributed by atoms with E-state index in [0.29, 0.717) is 6.54 Å². The van der Waals surface area contributed by atoms with Gasteiger partial charge < -0.3 is 10.2 Å². The molecule has 1 heterocycles. The number of pyridine rings is 1. The van der Waals surface area contributed by atoms with Gasteiger partial charge in [-0.15, -0.1) is 0 Å². The number of nitro groups is 1. The fourth-order valence-corrected chi connectivity index (χ4v) is 3.32. The summed E-state index contributed by atoms with van der Waals surface area (Å²) < 4.78 is 0. The molecule has 0 aliphatic heterocycles. The smallest absolute Gasteiger partial charge is 0.328 e. The minimum atomic E-state index is -0.541. The van der Waals surface area contributed by atoms with Crippen molar-refractivity contribution in [3.05, 3.63) is 27.9 Å². The normalized spacial score (nSPS) is 16.5. The van der Waals surface area contributed by atoms with Crippen LogP contribution in [0.4, 0.5) is 11.5 Å². The maximum atomic E-state index is 11.2. The van der Waals surface area contributed by atoms with E-state index in [-0.39, 0.29) is 22.5 Å². The quantitative estimate of drug-likeness (QED) is 0.640. The molecule has 1 N–H and O–H groups in total. The van der Waals surface area contributed by atoms with E-state index in [1.54, 1.807) is 0 Å². The highest BCUT2D eigenvalue weighted by molar-refractivity contribution is 5.64. The summed E-state index contributed by atoms with van der Waals surface area (Å²) in [6.07, 6.45) is 6.00. The molecule has 0 bridgehead atoms. The van der Waals surface area contributed by atoms with E-state index in [9.17, 15) is 10.1 Å². The Bertz CT molecular complexity index is 588. The van der Waals surface area contributed by atoms with Gasteiger partial charge in [-0.3, -0.25) is 10.1 Å². The average molecular weight is 303 g/mol. The monoisotopic (exact) mass is 303 g/mol. The van der Waals surface area contributed by atoms with E-state index in [2.05, 4.69) is 15.2 Å². The van der Waals surface area contributed by atoms with Crippen LogP contribution in [-0.4, -0.2) is 42.0 Å². The molecule has 0 atom stereocenters. The lowest BCUT2D eigenvalue weighted by Crippen LogP contribution is -2.37. The third-order valence-electron chi connectivity index (χ3n) is 4.17. The van der Waals surface area contributed by atoms with Gasteiger partial charge in [-0.05, 0) is 33.0 Å². The molecule has 0 spiro atoms. The molecular weight excluding hydrogens is 282 g/mol. The maximum absolute atomic E-state index is 11.2. The average Bonchev–Trinajstić information content (AvgIpc) is 2.92. The molecule has 1 aromatic heterocycles. The van der Waals surface area contributed by atoms with Crippen LogP contribution in [0.25, 0.3) is 0 Å². The Hall–Kier alpha value is -2.20. The van der Waals surface area contributed by atoms with E-state index in [1.807, 2.05) is 20.2 Å². The summed E-state index contributed by atoms with van der Waals surface area (Å²) in [5, 5.41) is 23.4. The molecular formula is C15H21N5O2. The number of nitrogens with one attached hydrogen (secondary N) is 1. The Morgan fingerprint density at radius 3 is 2.73 bits per heavy atom. The lowest BCUT2D eigenvalue weighted by Gasteiger charge is -2.32. The summed E-state index contributed by atoms with van der Waals surface area (Å²) in [5.41, 5.74) is -0.0830. The molecule has 7 nitrogen and oxygen atoms in total. The minimum absolute atomic E-state index is 0.0376. The van der Waals surface area contributed by atoms with Gasteiger partial charge in [-0.2, -0.15) is 5.26 Å². The molecule has 1 aliphatic carbocycles. The Kier molecular flexibility index (Phi) is 4.93. The van der Waals surface area contributed by atoms with Crippen LogP contribution < -0.4 is 5.32 Å². The van der Waals surface area contributed by atoms with Crippen LogP contribution in [0.1, 0.15) is 31.2 Å². The molecule has 0 saturated heterocycles. The summed E-state index contributed by atoms with van der Waals surface area (Å²) in [7, 11) is 4.08. The summed E-state index contributed by atoms with van der Waals surface area (Å²) in [5.74, 6) is 0.189. The fraction of sp³-hybridized carbons (Fsp3) is 0.600. The second-order valence-electron chi connectivity index (χ2n) is 6.22. The highest BCUT2D eigenvalue weighted by atomic mass is 16.6. The molecule has 0 amide bonds. The maximum Gasteiger partial charge on any atom is 0.328 e. The van der Waals surface area contributed by atoms with Crippen molar-refractivity contribution in [1.82, 2.24) is 9.88 Å². The number of hydrogen-bond acceptors (Lipinski definition) is 6. The molecule has 22 heavy (non-hydrogen) atoms. The molecule has 118 valence electrons. The standard InChI is InChI=1S/C15H21N5O2/c1-19(2)11-15(6-3-4-7-15)10-18-14-13(20(21)22)12(9-16)5-8-17-14/h5,8H,3-4,6-7,10-11H2,1-2H3,(H,17,18). The Morgan fingerprint density at radius 2 is 2.18 bits per heavy atom. The van der Waals surface area contributed by atoms with Crippen LogP contribution in [0.3, 0.4) is 0 Å². The number of nitriles is 1. The summed E-state index contributed by atoms with van der Waals surface area (Å²) >= 11 is 0. The van der Waals surface area contributed by atoms with Gasteiger partial charge in [-0.25, -0.2) is 4.98 Å². The van der Waals surface area contributed by atoms with Crippen LogP contribution in [0.15, 0.2) is 12.3 Å². The lowest BCUT2D eigenvalue weighted by molar-refractivity contribution is -0.384. The van der Waals surface area contributed by atoms with Crippen LogP contribution in [0, 0.1) is 26.9 Å². The fourth-order valence-electron chi connectivity index (χ4n) is 3.32. The lowest BCUT2D eigenvalue weighted by atomic mass is 9.85. The topological polar surface area (TPSA) is 95.1 Å². The van der Waals surface area contributed by atoms with Gasteiger partial charge in [0.2, 0.25) is 5.82 Å². The predicted molar refractivity (Wildman–Crippen MR) is 83.6 cm³/mol. The first-order valence-electron chi connectivity index (χ1n) is 7.39. The molecule has 0 aromatic carbocycles. The first kappa shape index (κ1) is 16.2. The van der Waals surface area contributed by atoms with Crippen molar-refractivity contribution in [2.45, 2.75) is 25.7 Å². The summed E-state index contributed by atoms with van der Waals surface area (Å²) in [6, 6.07) is 3.23. The number of rotatable bonds is 6. The molecule has 1 aliphatic rings. The highest BCUT2D eigenvalue weighted by Crippen LogP contribution is 2.39. The Labute approximate surface area is 130 Å². The van der Waals surface area contributed by atoms with E-state index >= 15 is 0 Å². The zero-order valence-corrected chi connectivity index (χ0v) is 13.0. The van der Waals surface area contributed by atoms with Crippen LogP contribution in [-0.2, 0) is 0 Å². The first-order chi connectivity index (χ1) is 10.5. The van der Waals surface area contributed by atoms with Crippen molar-refractivity contribution in [1.29, 1.82) is 5.26 Å². The molecule has 1 saturated carbocycles. The molecule has 0 radical (unpaired) electrons. The van der Waals surface area contributed by atoms with E-state index < -0.39 is 4.92 Å². The van der Waals surface area contributed by atoms with Crippen molar-refractivity contribution in [3.63, 3.8) is 0 Å². The van der Waals surface area contributed by atoms with Crippen LogP contribution in [0.5, 0.6) is 0 Å². The molecule has 7 heteroatoms. The first-order valence-corrected chi connectivity index (χ1v) is 7.39. The minimum Gasteiger partial charge on any atom is -0.364 e. The molecule has 0 unspecified atom stereocenters. The van der Waals surface area contributed by atoms with Gasteiger partial charge in [0.05, 0.1) is 4.92 Å². The summed E-state index contributed by atoms with van der Waals surface area (Å²) in [4.78, 5) is 16.9. The third kappa shape index (κ3) is 3.52. The van der Waals surface area contributed by atoms with E-state index in [0.717, 1.165) is 19.4 Å². The van der Waals surface area contributed by atoms with Gasteiger partial charge in [0, 0.05) is 24.7 Å². The Balaban J connectivity index is 2.20. The number of nitrogens with zero attached hydrogens (tertiary/aromatic N) is 4. The molecule has 2 rings (SSSR count). The second kappa shape index (κ2) is 6.71. The van der Waals surface area contributed by atoms with Crippen molar-refractivity contribution in [2.75, 3.05) is 32.5 Å². The predicted octanol–water partition coefficient (Wildman–Crippen LogP) is 2.40. The zero-order chi connectivity index (χ0) is 16.2. The second-order valence-corrected chi connectivity index (χ2v) is 6.22. The van der Waals surface area contributed by atoms with Crippen molar-refractivity contribution < 1.29 is 4.92 Å². The van der Waals surface area contributed by atoms with Gasteiger partial charge >= 0.3 is 5.69 Å². The van der Waals surface area contributed by atoms with Gasteiger partial charge in [0.25, 0.3) is 0 Å². The number of hydrogen-bond donors (Lipinski definition) is 1.